The number of para-hydroxylation sites is 2. The van der Waals surface area contributed by atoms with Gasteiger partial charge in [-0.25, -0.2) is 0 Å². The molecule has 0 spiro atoms. The molecule has 1 heterocycles. The van der Waals surface area contributed by atoms with E-state index in [-0.39, 0.29) is 12.5 Å². The molecule has 5 heteroatoms. The van der Waals surface area contributed by atoms with Crippen LogP contribution in [0.4, 0.5) is 5.69 Å². The van der Waals surface area contributed by atoms with Crippen molar-refractivity contribution in [1.82, 2.24) is 4.57 Å². The van der Waals surface area contributed by atoms with E-state index >= 15 is 0 Å². The number of amides is 1. The van der Waals surface area contributed by atoms with Gasteiger partial charge >= 0.3 is 0 Å². The highest BCUT2D eigenvalue weighted by atomic mass is 16.5. The smallest absolute Gasteiger partial charge is 0.255 e. The lowest BCUT2D eigenvalue weighted by molar-refractivity contribution is 0.0945. The molecule has 0 bridgehead atoms. The second-order valence-corrected chi connectivity index (χ2v) is 7.95. The molecule has 1 atom stereocenters. The molecule has 33 heavy (non-hydrogen) atoms. The summed E-state index contributed by atoms with van der Waals surface area (Å²) in [6.45, 7) is 0.593. The molecule has 0 radical (unpaired) electrons. The molecule has 164 valence electrons. The number of carbonyl (C=O) groups excluding carboxylic acids is 1. The number of aliphatic hydroxyl groups excluding tert-OH is 1. The average Bonchev–Trinajstić information content (AvgIpc) is 3.18. The van der Waals surface area contributed by atoms with E-state index in [0.29, 0.717) is 23.5 Å². The van der Waals surface area contributed by atoms with Gasteiger partial charge in [-0.3, -0.25) is 4.79 Å². The summed E-state index contributed by atoms with van der Waals surface area (Å²) >= 11 is 0. The third kappa shape index (κ3) is 4.45. The predicted octanol–water partition coefficient (Wildman–Crippen LogP) is 5.49. The minimum atomic E-state index is -0.679. The SMILES string of the molecule is O=C(Nc1ccc(OC[C@@H](O)Cn2c3ccccc3c3ccccc32)cc1)c1ccccc1. The molecule has 0 aliphatic heterocycles. The Hall–Kier alpha value is -4.09. The molecule has 0 saturated carbocycles. The van der Waals surface area contributed by atoms with Gasteiger partial charge in [-0.2, -0.15) is 0 Å². The zero-order valence-electron chi connectivity index (χ0n) is 18.0. The number of carbonyl (C=O) groups is 1. The number of aliphatic hydroxyl groups is 1. The quantitative estimate of drug-likeness (QED) is 0.355. The lowest BCUT2D eigenvalue weighted by Gasteiger charge is -2.15. The van der Waals surface area contributed by atoms with Crippen LogP contribution in [0.2, 0.25) is 0 Å². The summed E-state index contributed by atoms with van der Waals surface area (Å²) in [5, 5.41) is 15.9. The molecule has 0 aliphatic carbocycles. The van der Waals surface area contributed by atoms with E-state index < -0.39 is 6.10 Å². The van der Waals surface area contributed by atoms with Gasteiger partial charge in [0.05, 0.1) is 6.54 Å². The van der Waals surface area contributed by atoms with E-state index in [0.717, 1.165) is 11.0 Å². The van der Waals surface area contributed by atoms with Gasteiger partial charge in [-0.1, -0.05) is 54.6 Å². The average molecular weight is 437 g/mol. The molecule has 1 amide bonds. The second kappa shape index (κ2) is 9.18. The second-order valence-electron chi connectivity index (χ2n) is 7.95. The van der Waals surface area contributed by atoms with Crippen LogP contribution in [0.3, 0.4) is 0 Å². The molecule has 0 unspecified atom stereocenters. The molecule has 5 nitrogen and oxygen atoms in total. The first kappa shape index (κ1) is 20.8. The normalized spacial score (nSPS) is 12.0. The summed E-state index contributed by atoms with van der Waals surface area (Å²) in [5.41, 5.74) is 3.47. The molecular formula is C28H24N2O3. The summed E-state index contributed by atoms with van der Waals surface area (Å²) in [7, 11) is 0. The van der Waals surface area contributed by atoms with Crippen molar-refractivity contribution in [1.29, 1.82) is 0 Å². The zero-order chi connectivity index (χ0) is 22.6. The van der Waals surface area contributed by atoms with Crippen molar-refractivity contribution in [2.45, 2.75) is 12.6 Å². The van der Waals surface area contributed by atoms with Crippen LogP contribution in [-0.4, -0.2) is 28.3 Å². The number of aromatic nitrogens is 1. The van der Waals surface area contributed by atoms with Crippen LogP contribution in [-0.2, 0) is 6.54 Å². The van der Waals surface area contributed by atoms with E-state index in [1.54, 1.807) is 36.4 Å². The summed E-state index contributed by atoms with van der Waals surface area (Å²) in [4.78, 5) is 12.3. The minimum absolute atomic E-state index is 0.161. The van der Waals surface area contributed by atoms with Gasteiger partial charge in [0.2, 0.25) is 0 Å². The number of ether oxygens (including phenoxy) is 1. The summed E-state index contributed by atoms with van der Waals surface area (Å²) in [6, 6.07) is 32.7. The molecule has 5 rings (SSSR count). The van der Waals surface area contributed by atoms with Crippen molar-refractivity contribution >= 4 is 33.4 Å². The number of nitrogens with zero attached hydrogens (tertiary/aromatic N) is 1. The number of nitrogens with one attached hydrogen (secondary N) is 1. The van der Waals surface area contributed by atoms with Gasteiger partial charge in [0, 0.05) is 33.1 Å². The zero-order valence-corrected chi connectivity index (χ0v) is 18.0. The highest BCUT2D eigenvalue weighted by molar-refractivity contribution is 6.08. The summed E-state index contributed by atoms with van der Waals surface area (Å²) < 4.78 is 7.95. The maximum atomic E-state index is 12.3. The predicted molar refractivity (Wildman–Crippen MR) is 132 cm³/mol. The van der Waals surface area contributed by atoms with Gasteiger partial charge in [-0.05, 0) is 48.5 Å². The van der Waals surface area contributed by atoms with Gasteiger partial charge in [-0.15, -0.1) is 0 Å². The van der Waals surface area contributed by atoms with E-state index in [1.165, 1.54) is 10.8 Å². The number of benzene rings is 4. The van der Waals surface area contributed by atoms with Gasteiger partial charge in [0.1, 0.15) is 18.5 Å². The molecule has 0 aliphatic rings. The Morgan fingerprint density at radius 2 is 1.36 bits per heavy atom. The Morgan fingerprint density at radius 3 is 2.00 bits per heavy atom. The number of hydrogen-bond donors (Lipinski definition) is 2. The fourth-order valence-electron chi connectivity index (χ4n) is 4.08. The lowest BCUT2D eigenvalue weighted by Crippen LogP contribution is -2.23. The summed E-state index contributed by atoms with van der Waals surface area (Å²) in [6.07, 6.45) is -0.679. The van der Waals surface area contributed by atoms with Crippen molar-refractivity contribution in [3.8, 4) is 5.75 Å². The van der Waals surface area contributed by atoms with E-state index in [1.807, 2.05) is 42.5 Å². The molecule has 0 fully saturated rings. The van der Waals surface area contributed by atoms with Crippen LogP contribution in [0.25, 0.3) is 21.8 Å². The number of fused-ring (bicyclic) bond motifs is 3. The van der Waals surface area contributed by atoms with E-state index in [2.05, 4.69) is 34.1 Å². The van der Waals surface area contributed by atoms with Crippen LogP contribution in [0.5, 0.6) is 5.75 Å². The largest absolute Gasteiger partial charge is 0.491 e. The van der Waals surface area contributed by atoms with Crippen LogP contribution in [0.1, 0.15) is 10.4 Å². The standard InChI is InChI=1S/C28H24N2O3/c31-22(18-30-26-12-6-4-10-24(26)25-11-5-7-13-27(25)30)19-33-23-16-14-21(15-17-23)29-28(32)20-8-2-1-3-9-20/h1-17,22,31H,18-19H2,(H,29,32)/t22-/m0/s1. The molecule has 4 aromatic carbocycles. The highest BCUT2D eigenvalue weighted by Gasteiger charge is 2.14. The number of anilines is 1. The van der Waals surface area contributed by atoms with Crippen LogP contribution < -0.4 is 10.1 Å². The Morgan fingerprint density at radius 1 is 0.788 bits per heavy atom. The fourth-order valence-corrected chi connectivity index (χ4v) is 4.08. The van der Waals surface area contributed by atoms with Crippen LogP contribution in [0.15, 0.2) is 103 Å². The third-order valence-electron chi connectivity index (χ3n) is 5.66. The Balaban J connectivity index is 1.23. The minimum Gasteiger partial charge on any atom is -0.491 e. The highest BCUT2D eigenvalue weighted by Crippen LogP contribution is 2.29. The first-order chi connectivity index (χ1) is 16.2. The van der Waals surface area contributed by atoms with Crippen molar-refractivity contribution < 1.29 is 14.6 Å². The van der Waals surface area contributed by atoms with E-state index in [9.17, 15) is 9.90 Å². The first-order valence-corrected chi connectivity index (χ1v) is 10.9. The Kier molecular flexibility index (Phi) is 5.79. The monoisotopic (exact) mass is 436 g/mol. The number of rotatable bonds is 7. The lowest BCUT2D eigenvalue weighted by atomic mass is 10.2. The van der Waals surface area contributed by atoms with Crippen LogP contribution >= 0.6 is 0 Å². The molecule has 5 aromatic rings. The number of hydrogen-bond acceptors (Lipinski definition) is 3. The van der Waals surface area contributed by atoms with Gasteiger partial charge in [0.15, 0.2) is 0 Å². The van der Waals surface area contributed by atoms with Crippen molar-refractivity contribution in [3.63, 3.8) is 0 Å². The van der Waals surface area contributed by atoms with Gasteiger partial charge in [0.25, 0.3) is 5.91 Å². The van der Waals surface area contributed by atoms with Gasteiger partial charge < -0.3 is 19.7 Å². The first-order valence-electron chi connectivity index (χ1n) is 10.9. The Labute approximate surface area is 191 Å². The third-order valence-corrected chi connectivity index (χ3v) is 5.66. The maximum absolute atomic E-state index is 12.3. The topological polar surface area (TPSA) is 63.5 Å². The Bertz CT molecular complexity index is 1340. The fraction of sp³-hybridized carbons (Fsp3) is 0.107. The van der Waals surface area contributed by atoms with Crippen LogP contribution in [0, 0.1) is 0 Å². The molecule has 0 saturated heterocycles. The molecule has 2 N–H and O–H groups in total. The summed E-state index contributed by atoms with van der Waals surface area (Å²) in [5.74, 6) is 0.472. The van der Waals surface area contributed by atoms with Crippen molar-refractivity contribution in [3.05, 3.63) is 109 Å². The maximum Gasteiger partial charge on any atom is 0.255 e. The molecule has 1 aromatic heterocycles. The molecular weight excluding hydrogens is 412 g/mol. The van der Waals surface area contributed by atoms with E-state index in [4.69, 9.17) is 4.74 Å². The van der Waals surface area contributed by atoms with Crippen molar-refractivity contribution in [2.24, 2.45) is 0 Å². The van der Waals surface area contributed by atoms with Crippen molar-refractivity contribution in [2.75, 3.05) is 11.9 Å².